The molecule has 0 radical (unpaired) electrons. The Kier molecular flexibility index (Phi) is 4.10. The van der Waals surface area contributed by atoms with Crippen molar-refractivity contribution < 1.29 is 4.79 Å². The van der Waals surface area contributed by atoms with E-state index >= 15 is 0 Å². The molecule has 0 amide bonds. The number of rotatable bonds is 2. The van der Waals surface area contributed by atoms with Crippen molar-refractivity contribution in [2.45, 2.75) is 13.8 Å². The Balaban J connectivity index is 2.66. The first-order chi connectivity index (χ1) is 11.5. The second-order valence-corrected chi connectivity index (χ2v) is 6.16. The predicted molar refractivity (Wildman–Crippen MR) is 96.9 cm³/mol. The summed E-state index contributed by atoms with van der Waals surface area (Å²) in [4.78, 5) is 27.4. The molecule has 0 N–H and O–H groups in total. The van der Waals surface area contributed by atoms with Crippen LogP contribution < -0.4 is 5.56 Å². The number of nitrogens with zero attached hydrogens (tertiary/aromatic N) is 2. The molecule has 0 spiro atoms. The van der Waals surface area contributed by atoms with E-state index < -0.39 is 0 Å². The summed E-state index contributed by atoms with van der Waals surface area (Å²) in [5, 5.41) is 1.32. The summed E-state index contributed by atoms with van der Waals surface area (Å²) in [5.41, 5.74) is 3.75. The summed E-state index contributed by atoms with van der Waals surface area (Å²) in [7, 11) is 1.67. The summed E-state index contributed by atoms with van der Waals surface area (Å²) in [6.45, 7) is 3.93. The number of pyridine rings is 1. The molecule has 24 heavy (non-hydrogen) atoms. The molecule has 0 atom stereocenters. The lowest BCUT2D eigenvalue weighted by Crippen LogP contribution is -2.18. The number of aromatic nitrogens is 1. The Morgan fingerprint density at radius 1 is 1.17 bits per heavy atom. The molecule has 120 valence electrons. The lowest BCUT2D eigenvalue weighted by atomic mass is 9.96. The van der Waals surface area contributed by atoms with Gasteiger partial charge in [0, 0.05) is 28.6 Å². The van der Waals surface area contributed by atoms with E-state index in [1.165, 1.54) is 10.6 Å². The van der Waals surface area contributed by atoms with Gasteiger partial charge in [0.2, 0.25) is 6.08 Å². The highest BCUT2D eigenvalue weighted by molar-refractivity contribution is 6.34. The summed E-state index contributed by atoms with van der Waals surface area (Å²) >= 11 is 6.35. The maximum absolute atomic E-state index is 12.8. The van der Waals surface area contributed by atoms with Crippen LogP contribution in [0.15, 0.2) is 46.2 Å². The number of hydrogen-bond donors (Lipinski definition) is 0. The highest BCUT2D eigenvalue weighted by atomic mass is 35.5. The summed E-state index contributed by atoms with van der Waals surface area (Å²) in [6.07, 6.45) is 1.49. The Hall–Kier alpha value is -2.68. The van der Waals surface area contributed by atoms with Crippen LogP contribution in [-0.2, 0) is 11.8 Å². The number of fused-ring (bicyclic) bond motifs is 1. The van der Waals surface area contributed by atoms with Gasteiger partial charge in [-0.2, -0.15) is 4.99 Å². The van der Waals surface area contributed by atoms with E-state index in [0.717, 1.165) is 22.0 Å². The predicted octanol–water partition coefficient (Wildman–Crippen LogP) is 4.44. The van der Waals surface area contributed by atoms with Gasteiger partial charge >= 0.3 is 0 Å². The third kappa shape index (κ3) is 2.46. The van der Waals surface area contributed by atoms with Crippen LogP contribution in [0.2, 0.25) is 5.02 Å². The molecule has 0 saturated carbocycles. The van der Waals surface area contributed by atoms with Crippen LogP contribution >= 0.6 is 11.6 Å². The van der Waals surface area contributed by atoms with Crippen molar-refractivity contribution in [3.63, 3.8) is 0 Å². The maximum Gasteiger partial charge on any atom is 0.278 e. The van der Waals surface area contributed by atoms with Gasteiger partial charge in [-0.1, -0.05) is 41.4 Å². The van der Waals surface area contributed by atoms with E-state index in [4.69, 9.17) is 11.6 Å². The van der Waals surface area contributed by atoms with Gasteiger partial charge in [0.15, 0.2) is 5.69 Å². The maximum atomic E-state index is 12.8. The second kappa shape index (κ2) is 6.08. The minimum Gasteiger partial charge on any atom is -0.309 e. The fourth-order valence-electron chi connectivity index (χ4n) is 3.18. The smallest absolute Gasteiger partial charge is 0.278 e. The van der Waals surface area contributed by atoms with E-state index in [1.54, 1.807) is 13.1 Å². The van der Waals surface area contributed by atoms with Crippen molar-refractivity contribution in [1.82, 2.24) is 4.57 Å². The molecule has 1 heterocycles. The molecule has 2 aromatic carbocycles. The number of hydrogen-bond acceptors (Lipinski definition) is 3. The number of isocyanates is 1. The molecule has 5 heteroatoms. The summed E-state index contributed by atoms with van der Waals surface area (Å²) in [5.74, 6) is 0. The Labute approximate surface area is 144 Å². The van der Waals surface area contributed by atoms with Crippen LogP contribution in [-0.4, -0.2) is 10.6 Å². The normalized spacial score (nSPS) is 10.7. The molecular formula is C19H15ClN2O2. The van der Waals surface area contributed by atoms with Crippen molar-refractivity contribution in [2.24, 2.45) is 12.0 Å². The Bertz CT molecular complexity index is 1080. The number of carbonyl (C=O) groups excluding carboxylic acids is 1. The monoisotopic (exact) mass is 338 g/mol. The quantitative estimate of drug-likeness (QED) is 0.512. The fraction of sp³-hybridized carbons (Fsp3) is 0.158. The fourth-order valence-corrected chi connectivity index (χ4v) is 3.41. The number of halogens is 1. The van der Waals surface area contributed by atoms with Crippen LogP contribution in [0, 0.1) is 13.8 Å². The average Bonchev–Trinajstić information content (AvgIpc) is 2.53. The lowest BCUT2D eigenvalue weighted by molar-refractivity contribution is 0.565. The molecule has 0 fully saturated rings. The molecule has 0 unspecified atom stereocenters. The van der Waals surface area contributed by atoms with Gasteiger partial charge in [0.25, 0.3) is 5.56 Å². The minimum absolute atomic E-state index is 0.0538. The standard InChI is InChI=1S/C19H15ClN2O2/c1-11-8-12(2)18-14(9-11)16(13-6-4-5-7-15(13)20)17(21-10-23)19(24)22(18)3/h4-9H,1-3H3. The average molecular weight is 339 g/mol. The van der Waals surface area contributed by atoms with E-state index in [-0.39, 0.29) is 11.2 Å². The van der Waals surface area contributed by atoms with Crippen molar-refractivity contribution >= 4 is 34.3 Å². The highest BCUT2D eigenvalue weighted by Crippen LogP contribution is 2.39. The summed E-state index contributed by atoms with van der Waals surface area (Å²) in [6, 6.07) is 11.2. The first-order valence-electron chi connectivity index (χ1n) is 7.42. The molecule has 1 aromatic heterocycles. The molecule has 0 aliphatic heterocycles. The van der Waals surface area contributed by atoms with Gasteiger partial charge in [-0.15, -0.1) is 0 Å². The Morgan fingerprint density at radius 2 is 1.88 bits per heavy atom. The van der Waals surface area contributed by atoms with Gasteiger partial charge in [-0.05, 0) is 31.5 Å². The molecular weight excluding hydrogens is 324 g/mol. The number of aryl methyl sites for hydroxylation is 3. The van der Waals surface area contributed by atoms with Crippen molar-refractivity contribution in [1.29, 1.82) is 0 Å². The molecule has 0 bridgehead atoms. The van der Waals surface area contributed by atoms with Gasteiger partial charge < -0.3 is 4.57 Å². The molecule has 0 aliphatic carbocycles. The van der Waals surface area contributed by atoms with Crippen molar-refractivity contribution in [2.75, 3.05) is 0 Å². The molecule has 3 aromatic rings. The largest absolute Gasteiger partial charge is 0.309 e. The van der Waals surface area contributed by atoms with E-state index in [2.05, 4.69) is 4.99 Å². The van der Waals surface area contributed by atoms with Crippen molar-refractivity contribution in [3.05, 3.63) is 62.9 Å². The number of benzene rings is 2. The topological polar surface area (TPSA) is 51.4 Å². The zero-order chi connectivity index (χ0) is 17.4. The minimum atomic E-state index is -0.354. The molecule has 0 saturated heterocycles. The van der Waals surface area contributed by atoms with Gasteiger partial charge in [0.05, 0.1) is 5.52 Å². The van der Waals surface area contributed by atoms with Crippen LogP contribution in [0.5, 0.6) is 0 Å². The van der Waals surface area contributed by atoms with Gasteiger partial charge in [-0.3, -0.25) is 4.79 Å². The van der Waals surface area contributed by atoms with E-state index in [9.17, 15) is 9.59 Å². The first-order valence-corrected chi connectivity index (χ1v) is 7.80. The van der Waals surface area contributed by atoms with Crippen molar-refractivity contribution in [3.8, 4) is 11.1 Å². The highest BCUT2D eigenvalue weighted by Gasteiger charge is 2.19. The second-order valence-electron chi connectivity index (χ2n) is 5.75. The molecule has 3 rings (SSSR count). The Morgan fingerprint density at radius 3 is 2.54 bits per heavy atom. The third-order valence-corrected chi connectivity index (χ3v) is 4.42. The first kappa shape index (κ1) is 16.2. The van der Waals surface area contributed by atoms with Crippen LogP contribution in [0.4, 0.5) is 5.69 Å². The van der Waals surface area contributed by atoms with Crippen LogP contribution in [0.1, 0.15) is 11.1 Å². The van der Waals surface area contributed by atoms with Gasteiger partial charge in [0.1, 0.15) is 0 Å². The zero-order valence-electron chi connectivity index (χ0n) is 13.6. The zero-order valence-corrected chi connectivity index (χ0v) is 14.3. The lowest BCUT2D eigenvalue weighted by Gasteiger charge is -2.16. The number of aliphatic imine (C=N–C) groups is 1. The van der Waals surface area contributed by atoms with Crippen LogP contribution in [0.25, 0.3) is 22.0 Å². The van der Waals surface area contributed by atoms with Crippen LogP contribution in [0.3, 0.4) is 0 Å². The summed E-state index contributed by atoms with van der Waals surface area (Å²) < 4.78 is 1.51. The molecule has 0 aliphatic rings. The van der Waals surface area contributed by atoms with E-state index in [0.29, 0.717) is 16.1 Å². The SMILES string of the molecule is Cc1cc(C)c2c(c1)c(-c1ccccc1Cl)c(N=C=O)c(=O)n2C. The third-order valence-electron chi connectivity index (χ3n) is 4.09. The molecule has 4 nitrogen and oxygen atoms in total. The van der Waals surface area contributed by atoms with Gasteiger partial charge in [-0.25, -0.2) is 4.79 Å². The van der Waals surface area contributed by atoms with E-state index in [1.807, 2.05) is 44.2 Å².